The summed E-state index contributed by atoms with van der Waals surface area (Å²) in [5.41, 5.74) is 1.37. The van der Waals surface area contributed by atoms with E-state index in [1.54, 1.807) is 0 Å². The molecular weight excluding hydrogens is 302 g/mol. The van der Waals surface area contributed by atoms with Gasteiger partial charge in [0.1, 0.15) is 0 Å². The zero-order valence-electron chi connectivity index (χ0n) is 11.4. The molecule has 1 aromatic rings. The van der Waals surface area contributed by atoms with E-state index in [1.807, 2.05) is 0 Å². The minimum Gasteiger partial charge on any atom is -0.376 e. The molecule has 2 aliphatic rings. The van der Waals surface area contributed by atoms with E-state index < -0.39 is 0 Å². The van der Waals surface area contributed by atoms with Gasteiger partial charge in [0.05, 0.1) is 6.10 Å². The van der Waals surface area contributed by atoms with E-state index in [1.165, 1.54) is 18.4 Å². The van der Waals surface area contributed by atoms with Crippen molar-refractivity contribution in [1.82, 2.24) is 5.32 Å². The minimum atomic E-state index is 0.436. The highest BCUT2D eigenvalue weighted by Gasteiger charge is 2.41. The number of hydrogen-bond donors (Lipinski definition) is 1. The lowest BCUT2D eigenvalue weighted by atomic mass is 10.00. The maximum atomic E-state index is 5.92. The zero-order chi connectivity index (χ0) is 13.2. The first-order valence-electron chi connectivity index (χ1n) is 7.41. The van der Waals surface area contributed by atoms with Gasteiger partial charge in [0, 0.05) is 23.2 Å². The summed E-state index contributed by atoms with van der Waals surface area (Å²) in [6, 6.07) is 9.62. The molecule has 1 aliphatic carbocycles. The molecule has 0 aromatic heterocycles. The van der Waals surface area contributed by atoms with Gasteiger partial charge in [0.15, 0.2) is 0 Å². The number of halogens is 1. The Kier molecular flexibility index (Phi) is 4.25. The molecule has 1 aliphatic heterocycles. The maximum absolute atomic E-state index is 5.92. The number of rotatable bonds is 5. The van der Waals surface area contributed by atoms with Crippen molar-refractivity contribution in [3.05, 3.63) is 34.3 Å². The summed E-state index contributed by atoms with van der Waals surface area (Å²) >= 11 is 3.56. The SMILES string of the molecule is CCC(NC1CCOC1C1CC1)c1cccc(Br)c1. The molecule has 0 bridgehead atoms. The third-order valence-electron chi connectivity index (χ3n) is 4.30. The average Bonchev–Trinajstić information content (AvgIpc) is 3.15. The molecule has 1 saturated carbocycles. The fraction of sp³-hybridized carbons (Fsp3) is 0.625. The Labute approximate surface area is 124 Å². The van der Waals surface area contributed by atoms with E-state index in [0.29, 0.717) is 18.2 Å². The van der Waals surface area contributed by atoms with Crippen molar-refractivity contribution in [3.63, 3.8) is 0 Å². The van der Waals surface area contributed by atoms with Crippen LogP contribution >= 0.6 is 15.9 Å². The Hall–Kier alpha value is -0.380. The van der Waals surface area contributed by atoms with Gasteiger partial charge in [0.25, 0.3) is 0 Å². The van der Waals surface area contributed by atoms with Gasteiger partial charge in [-0.15, -0.1) is 0 Å². The third-order valence-corrected chi connectivity index (χ3v) is 4.79. The summed E-state index contributed by atoms with van der Waals surface area (Å²) in [5, 5.41) is 3.83. The molecule has 0 radical (unpaired) electrons. The van der Waals surface area contributed by atoms with Crippen LogP contribution in [-0.4, -0.2) is 18.8 Å². The summed E-state index contributed by atoms with van der Waals surface area (Å²) in [5.74, 6) is 0.819. The summed E-state index contributed by atoms with van der Waals surface area (Å²) in [4.78, 5) is 0. The van der Waals surface area contributed by atoms with E-state index >= 15 is 0 Å². The van der Waals surface area contributed by atoms with Crippen LogP contribution < -0.4 is 5.32 Å². The second kappa shape index (κ2) is 5.94. The van der Waals surface area contributed by atoms with Crippen molar-refractivity contribution < 1.29 is 4.74 Å². The molecule has 104 valence electrons. The van der Waals surface area contributed by atoms with E-state index in [-0.39, 0.29) is 0 Å². The van der Waals surface area contributed by atoms with Crippen LogP contribution in [0.5, 0.6) is 0 Å². The van der Waals surface area contributed by atoms with Gasteiger partial charge in [-0.3, -0.25) is 0 Å². The van der Waals surface area contributed by atoms with Crippen LogP contribution in [0.1, 0.15) is 44.2 Å². The summed E-state index contributed by atoms with van der Waals surface area (Å²) < 4.78 is 7.08. The molecule has 2 fully saturated rings. The molecule has 0 amide bonds. The molecule has 19 heavy (non-hydrogen) atoms. The first kappa shape index (κ1) is 13.6. The minimum absolute atomic E-state index is 0.436. The van der Waals surface area contributed by atoms with Crippen LogP contribution in [0.3, 0.4) is 0 Å². The largest absolute Gasteiger partial charge is 0.376 e. The number of ether oxygens (including phenoxy) is 1. The predicted octanol–water partition coefficient (Wildman–Crippen LogP) is 4.06. The molecule has 3 heteroatoms. The van der Waals surface area contributed by atoms with Gasteiger partial charge in [0.2, 0.25) is 0 Å². The number of nitrogens with one attached hydrogen (secondary N) is 1. The highest BCUT2D eigenvalue weighted by atomic mass is 79.9. The lowest BCUT2D eigenvalue weighted by molar-refractivity contribution is 0.0787. The Morgan fingerprint density at radius 1 is 1.37 bits per heavy atom. The molecular formula is C16H22BrNO. The van der Waals surface area contributed by atoms with Crippen molar-refractivity contribution in [2.75, 3.05) is 6.61 Å². The Bertz CT molecular complexity index is 433. The number of hydrogen-bond acceptors (Lipinski definition) is 2. The molecule has 0 spiro atoms. The molecule has 1 aromatic carbocycles. The van der Waals surface area contributed by atoms with Crippen LogP contribution in [0.25, 0.3) is 0 Å². The molecule has 2 nitrogen and oxygen atoms in total. The van der Waals surface area contributed by atoms with Crippen LogP contribution in [0.2, 0.25) is 0 Å². The lowest BCUT2D eigenvalue weighted by Crippen LogP contribution is -2.39. The van der Waals surface area contributed by atoms with Gasteiger partial charge < -0.3 is 10.1 Å². The molecule has 3 atom stereocenters. The lowest BCUT2D eigenvalue weighted by Gasteiger charge is -2.26. The van der Waals surface area contributed by atoms with Gasteiger partial charge in [-0.25, -0.2) is 0 Å². The summed E-state index contributed by atoms with van der Waals surface area (Å²) in [6.45, 7) is 3.17. The Morgan fingerprint density at radius 3 is 2.89 bits per heavy atom. The topological polar surface area (TPSA) is 21.3 Å². The first-order chi connectivity index (χ1) is 9.28. The fourth-order valence-electron chi connectivity index (χ4n) is 3.11. The van der Waals surface area contributed by atoms with Crippen LogP contribution in [0.4, 0.5) is 0 Å². The second-order valence-electron chi connectivity index (χ2n) is 5.75. The highest BCUT2D eigenvalue weighted by molar-refractivity contribution is 9.10. The van der Waals surface area contributed by atoms with Crippen molar-refractivity contribution in [1.29, 1.82) is 0 Å². The van der Waals surface area contributed by atoms with Gasteiger partial charge in [-0.1, -0.05) is 35.0 Å². The van der Waals surface area contributed by atoms with E-state index in [9.17, 15) is 0 Å². The smallest absolute Gasteiger partial charge is 0.0757 e. The van der Waals surface area contributed by atoms with Gasteiger partial charge in [-0.2, -0.15) is 0 Å². The molecule has 1 N–H and O–H groups in total. The Morgan fingerprint density at radius 2 is 2.21 bits per heavy atom. The van der Waals surface area contributed by atoms with Crippen LogP contribution in [-0.2, 0) is 4.74 Å². The average molecular weight is 324 g/mol. The second-order valence-corrected chi connectivity index (χ2v) is 6.67. The van der Waals surface area contributed by atoms with E-state index in [4.69, 9.17) is 4.74 Å². The molecule has 3 unspecified atom stereocenters. The standard InChI is InChI=1S/C16H22BrNO/c1-2-14(12-4-3-5-13(17)10-12)18-15-8-9-19-16(15)11-6-7-11/h3-5,10-11,14-16,18H,2,6-9H2,1H3. The van der Waals surface area contributed by atoms with Crippen LogP contribution in [0, 0.1) is 5.92 Å². The summed E-state index contributed by atoms with van der Waals surface area (Å²) in [6.07, 6.45) is 5.45. The maximum Gasteiger partial charge on any atom is 0.0757 e. The monoisotopic (exact) mass is 323 g/mol. The molecule has 3 rings (SSSR count). The number of benzene rings is 1. The van der Waals surface area contributed by atoms with Gasteiger partial charge >= 0.3 is 0 Å². The van der Waals surface area contributed by atoms with Crippen molar-refractivity contribution in [2.24, 2.45) is 5.92 Å². The molecule has 1 saturated heterocycles. The summed E-state index contributed by atoms with van der Waals surface area (Å²) in [7, 11) is 0. The molecule has 1 heterocycles. The highest BCUT2D eigenvalue weighted by Crippen LogP contribution is 2.39. The fourth-order valence-corrected chi connectivity index (χ4v) is 3.53. The first-order valence-corrected chi connectivity index (χ1v) is 8.20. The zero-order valence-corrected chi connectivity index (χ0v) is 13.0. The van der Waals surface area contributed by atoms with Gasteiger partial charge in [-0.05, 0) is 49.3 Å². The normalized spacial score (nSPS) is 28.5. The third kappa shape index (κ3) is 3.21. The van der Waals surface area contributed by atoms with Crippen molar-refractivity contribution >= 4 is 15.9 Å². The van der Waals surface area contributed by atoms with Crippen molar-refractivity contribution in [2.45, 2.75) is 50.8 Å². The van der Waals surface area contributed by atoms with E-state index in [2.05, 4.69) is 52.4 Å². The quantitative estimate of drug-likeness (QED) is 0.882. The Balaban J connectivity index is 1.69. The van der Waals surface area contributed by atoms with Crippen LogP contribution in [0.15, 0.2) is 28.7 Å². The predicted molar refractivity (Wildman–Crippen MR) is 81.2 cm³/mol. The van der Waals surface area contributed by atoms with E-state index in [0.717, 1.165) is 29.8 Å². The van der Waals surface area contributed by atoms with Crippen molar-refractivity contribution in [3.8, 4) is 0 Å².